The Bertz CT molecular complexity index is 604. The van der Waals surface area contributed by atoms with Crippen molar-refractivity contribution in [3.8, 4) is 0 Å². The van der Waals surface area contributed by atoms with Crippen molar-refractivity contribution in [3.05, 3.63) is 65.2 Å². The van der Waals surface area contributed by atoms with Gasteiger partial charge in [-0.1, -0.05) is 36.4 Å². The molecule has 2 aromatic carbocycles. The van der Waals surface area contributed by atoms with Gasteiger partial charge in [-0.3, -0.25) is 4.79 Å². The van der Waals surface area contributed by atoms with Crippen LogP contribution in [-0.2, 0) is 24.1 Å². The molecule has 0 saturated heterocycles. The highest BCUT2D eigenvalue weighted by Gasteiger charge is 2.11. The fraction of sp³-hybridized carbons (Fsp3) is 0.278. The summed E-state index contributed by atoms with van der Waals surface area (Å²) in [6, 6.07) is 16.4. The summed E-state index contributed by atoms with van der Waals surface area (Å²) in [5, 5.41) is 3.00. The maximum absolute atomic E-state index is 12.0. The van der Waals surface area contributed by atoms with Crippen molar-refractivity contribution in [2.75, 3.05) is 5.32 Å². The topological polar surface area (TPSA) is 29.1 Å². The smallest absolute Gasteiger partial charge is 0.224 e. The van der Waals surface area contributed by atoms with E-state index in [2.05, 4.69) is 29.6 Å². The van der Waals surface area contributed by atoms with Crippen LogP contribution in [0.15, 0.2) is 48.5 Å². The molecule has 0 radical (unpaired) electrons. The number of fused-ring (bicyclic) bond motifs is 1. The van der Waals surface area contributed by atoms with Gasteiger partial charge < -0.3 is 5.32 Å². The summed E-state index contributed by atoms with van der Waals surface area (Å²) in [6.45, 7) is 0. The summed E-state index contributed by atoms with van der Waals surface area (Å²) in [5.74, 6) is 0.0896. The number of hydrogen-bond acceptors (Lipinski definition) is 1. The minimum atomic E-state index is 0.0896. The first kappa shape index (κ1) is 12.9. The molecular weight excluding hydrogens is 246 g/mol. The van der Waals surface area contributed by atoms with E-state index in [4.69, 9.17) is 0 Å². The Balaban J connectivity index is 1.56. The fourth-order valence-electron chi connectivity index (χ4n) is 2.78. The molecule has 0 spiro atoms. The monoisotopic (exact) mass is 265 g/mol. The first-order chi connectivity index (χ1) is 9.81. The van der Waals surface area contributed by atoms with Crippen molar-refractivity contribution >= 4 is 11.6 Å². The highest BCUT2D eigenvalue weighted by molar-refractivity contribution is 5.91. The lowest BCUT2D eigenvalue weighted by molar-refractivity contribution is -0.116. The standard InChI is InChI=1S/C18H19NO/c20-18(12-9-14-5-2-1-3-6-14)19-17-11-10-15-7-4-8-16(15)13-17/h1-3,5-6,10-11,13H,4,7-9,12H2,(H,19,20). The van der Waals surface area contributed by atoms with Gasteiger partial charge >= 0.3 is 0 Å². The number of carbonyl (C=O) groups is 1. The van der Waals surface area contributed by atoms with E-state index in [1.165, 1.54) is 29.5 Å². The van der Waals surface area contributed by atoms with Crippen LogP contribution >= 0.6 is 0 Å². The molecular formula is C18H19NO. The minimum absolute atomic E-state index is 0.0896. The number of anilines is 1. The second-order valence-corrected chi connectivity index (χ2v) is 5.37. The molecule has 1 N–H and O–H groups in total. The Morgan fingerprint density at radius 3 is 2.65 bits per heavy atom. The zero-order chi connectivity index (χ0) is 13.8. The predicted molar refractivity (Wildman–Crippen MR) is 81.9 cm³/mol. The molecule has 0 saturated carbocycles. The van der Waals surface area contributed by atoms with Crippen LogP contribution in [0.3, 0.4) is 0 Å². The van der Waals surface area contributed by atoms with Gasteiger partial charge in [0.15, 0.2) is 0 Å². The molecule has 1 amide bonds. The number of carbonyl (C=O) groups excluding carboxylic acids is 1. The third kappa shape index (κ3) is 3.08. The van der Waals surface area contributed by atoms with E-state index in [0.29, 0.717) is 6.42 Å². The van der Waals surface area contributed by atoms with Crippen LogP contribution in [0.4, 0.5) is 5.69 Å². The van der Waals surface area contributed by atoms with Gasteiger partial charge in [0.2, 0.25) is 5.91 Å². The third-order valence-corrected chi connectivity index (χ3v) is 3.87. The Hall–Kier alpha value is -2.09. The van der Waals surface area contributed by atoms with Crippen LogP contribution in [0, 0.1) is 0 Å². The van der Waals surface area contributed by atoms with Crippen molar-refractivity contribution in [1.29, 1.82) is 0 Å². The number of nitrogens with one attached hydrogen (secondary N) is 1. The summed E-state index contributed by atoms with van der Waals surface area (Å²) in [7, 11) is 0. The molecule has 3 rings (SSSR count). The van der Waals surface area contributed by atoms with Crippen LogP contribution in [0.2, 0.25) is 0 Å². The maximum atomic E-state index is 12.0. The van der Waals surface area contributed by atoms with E-state index in [9.17, 15) is 4.79 Å². The van der Waals surface area contributed by atoms with Gasteiger partial charge in [-0.2, -0.15) is 0 Å². The molecule has 2 heteroatoms. The van der Waals surface area contributed by atoms with E-state index < -0.39 is 0 Å². The van der Waals surface area contributed by atoms with E-state index in [-0.39, 0.29) is 5.91 Å². The van der Waals surface area contributed by atoms with E-state index in [0.717, 1.165) is 18.5 Å². The zero-order valence-electron chi connectivity index (χ0n) is 11.6. The van der Waals surface area contributed by atoms with Crippen molar-refractivity contribution in [3.63, 3.8) is 0 Å². The van der Waals surface area contributed by atoms with Gasteiger partial charge in [-0.05, 0) is 54.5 Å². The first-order valence-corrected chi connectivity index (χ1v) is 7.27. The van der Waals surface area contributed by atoms with Crippen molar-refractivity contribution in [2.24, 2.45) is 0 Å². The molecule has 2 aromatic rings. The summed E-state index contributed by atoms with van der Waals surface area (Å²) < 4.78 is 0. The zero-order valence-corrected chi connectivity index (χ0v) is 11.6. The minimum Gasteiger partial charge on any atom is -0.326 e. The van der Waals surface area contributed by atoms with E-state index in [1.54, 1.807) is 0 Å². The number of benzene rings is 2. The molecule has 2 nitrogen and oxygen atoms in total. The Labute approximate surface area is 119 Å². The summed E-state index contributed by atoms with van der Waals surface area (Å²) in [5.41, 5.74) is 4.97. The highest BCUT2D eigenvalue weighted by atomic mass is 16.1. The molecule has 1 aliphatic carbocycles. The number of aryl methyl sites for hydroxylation is 3. The van der Waals surface area contributed by atoms with Crippen LogP contribution in [-0.4, -0.2) is 5.91 Å². The lowest BCUT2D eigenvalue weighted by Crippen LogP contribution is -2.12. The van der Waals surface area contributed by atoms with Crippen molar-refractivity contribution in [1.82, 2.24) is 0 Å². The van der Waals surface area contributed by atoms with Crippen LogP contribution in [0.25, 0.3) is 0 Å². The molecule has 0 bridgehead atoms. The summed E-state index contributed by atoms with van der Waals surface area (Å²) >= 11 is 0. The SMILES string of the molecule is O=C(CCc1ccccc1)Nc1ccc2c(c1)CCC2. The quantitative estimate of drug-likeness (QED) is 0.896. The molecule has 1 aliphatic rings. The average molecular weight is 265 g/mol. The maximum Gasteiger partial charge on any atom is 0.224 e. The van der Waals surface area contributed by atoms with Gasteiger partial charge in [0.1, 0.15) is 0 Å². The molecule has 0 unspecified atom stereocenters. The molecule has 0 heterocycles. The fourth-order valence-corrected chi connectivity index (χ4v) is 2.78. The van der Waals surface area contributed by atoms with Crippen molar-refractivity contribution in [2.45, 2.75) is 32.1 Å². The third-order valence-electron chi connectivity index (χ3n) is 3.87. The normalized spacial score (nSPS) is 13.0. The van der Waals surface area contributed by atoms with Crippen LogP contribution < -0.4 is 5.32 Å². The summed E-state index contributed by atoms with van der Waals surface area (Å²) in [4.78, 5) is 12.0. The Kier molecular flexibility index (Phi) is 3.82. The molecule has 0 atom stereocenters. The van der Waals surface area contributed by atoms with Crippen LogP contribution in [0.5, 0.6) is 0 Å². The molecule has 0 aliphatic heterocycles. The van der Waals surface area contributed by atoms with E-state index >= 15 is 0 Å². The highest BCUT2D eigenvalue weighted by Crippen LogP contribution is 2.24. The lowest BCUT2D eigenvalue weighted by atomic mass is 10.1. The second-order valence-electron chi connectivity index (χ2n) is 5.37. The Morgan fingerprint density at radius 1 is 1.00 bits per heavy atom. The molecule has 20 heavy (non-hydrogen) atoms. The molecule has 0 fully saturated rings. The summed E-state index contributed by atoms with van der Waals surface area (Å²) in [6.07, 6.45) is 4.88. The van der Waals surface area contributed by atoms with E-state index in [1.807, 2.05) is 24.3 Å². The first-order valence-electron chi connectivity index (χ1n) is 7.27. The number of hydrogen-bond donors (Lipinski definition) is 1. The van der Waals surface area contributed by atoms with Gasteiger partial charge in [-0.25, -0.2) is 0 Å². The van der Waals surface area contributed by atoms with Gasteiger partial charge in [-0.15, -0.1) is 0 Å². The van der Waals surface area contributed by atoms with Crippen molar-refractivity contribution < 1.29 is 4.79 Å². The van der Waals surface area contributed by atoms with Crippen LogP contribution in [0.1, 0.15) is 29.5 Å². The van der Waals surface area contributed by atoms with Gasteiger partial charge in [0, 0.05) is 12.1 Å². The lowest BCUT2D eigenvalue weighted by Gasteiger charge is -2.07. The number of rotatable bonds is 4. The van der Waals surface area contributed by atoms with Gasteiger partial charge in [0.05, 0.1) is 0 Å². The number of amides is 1. The predicted octanol–water partition coefficient (Wildman–Crippen LogP) is 3.75. The Morgan fingerprint density at radius 2 is 1.80 bits per heavy atom. The average Bonchev–Trinajstić information content (AvgIpc) is 2.94. The molecule has 0 aromatic heterocycles. The van der Waals surface area contributed by atoms with Gasteiger partial charge in [0.25, 0.3) is 0 Å². The largest absolute Gasteiger partial charge is 0.326 e. The molecule has 102 valence electrons. The second kappa shape index (κ2) is 5.91.